The summed E-state index contributed by atoms with van der Waals surface area (Å²) in [4.78, 5) is 15.4. The Morgan fingerprint density at radius 3 is 2.95 bits per heavy atom. The molecule has 1 aromatic heterocycles. The van der Waals surface area contributed by atoms with Crippen LogP contribution >= 0.6 is 0 Å². The summed E-state index contributed by atoms with van der Waals surface area (Å²) in [6.45, 7) is 1.80. The zero-order valence-corrected chi connectivity index (χ0v) is 12.9. The Morgan fingerprint density at radius 1 is 1.60 bits per heavy atom. The summed E-state index contributed by atoms with van der Waals surface area (Å²) < 4.78 is 6.98. The predicted octanol–water partition coefficient (Wildman–Crippen LogP) is -0.603. The van der Waals surface area contributed by atoms with Gasteiger partial charge in [-0.15, -0.1) is 0 Å². The van der Waals surface area contributed by atoms with E-state index in [1.54, 1.807) is 0 Å². The standard InChI is InChI=1S/C12H19N3O4Se/c1-2-5-20-10-9(17)7(6-16)19-11(10)15-4-3-8(13)14-12(15)18/h3-4,7,9-11,16-17H,2,5-6H2,1H3,(H2,13,14,18)/t7?,9-,10?,11+/m0/s1. The van der Waals surface area contributed by atoms with Crippen LogP contribution in [0.4, 0.5) is 5.82 Å². The van der Waals surface area contributed by atoms with E-state index in [2.05, 4.69) is 11.9 Å². The monoisotopic (exact) mass is 349 g/mol. The van der Waals surface area contributed by atoms with Crippen LogP contribution in [-0.4, -0.2) is 53.5 Å². The molecule has 0 aromatic carbocycles. The molecule has 112 valence electrons. The third kappa shape index (κ3) is 3.05. The van der Waals surface area contributed by atoms with Crippen molar-refractivity contribution < 1.29 is 14.9 Å². The van der Waals surface area contributed by atoms with Gasteiger partial charge in [0.2, 0.25) is 0 Å². The average molecular weight is 348 g/mol. The van der Waals surface area contributed by atoms with Gasteiger partial charge in [-0.3, -0.25) is 0 Å². The zero-order chi connectivity index (χ0) is 14.7. The second-order valence-corrected chi connectivity index (χ2v) is 7.31. The van der Waals surface area contributed by atoms with Gasteiger partial charge in [-0.25, -0.2) is 0 Å². The van der Waals surface area contributed by atoms with Gasteiger partial charge in [-0.1, -0.05) is 0 Å². The zero-order valence-electron chi connectivity index (χ0n) is 11.2. The van der Waals surface area contributed by atoms with Crippen LogP contribution in [-0.2, 0) is 4.74 Å². The third-order valence-corrected chi connectivity index (χ3v) is 6.36. The van der Waals surface area contributed by atoms with Crippen molar-refractivity contribution in [2.24, 2.45) is 0 Å². The first kappa shape index (κ1) is 15.5. The second kappa shape index (κ2) is 6.69. The van der Waals surface area contributed by atoms with E-state index in [-0.39, 0.29) is 32.2 Å². The van der Waals surface area contributed by atoms with Crippen LogP contribution in [0.5, 0.6) is 0 Å². The van der Waals surface area contributed by atoms with E-state index in [1.807, 2.05) is 0 Å². The number of ether oxygens (including phenoxy) is 1. The van der Waals surface area contributed by atoms with Gasteiger partial charge in [0.1, 0.15) is 0 Å². The molecule has 4 N–H and O–H groups in total. The van der Waals surface area contributed by atoms with Crippen LogP contribution in [0.3, 0.4) is 0 Å². The SMILES string of the molecule is CCC[Se]C1[C@@H](O)C(CO)O[C@H]1n1ccc(N)nc1=O. The molecule has 0 radical (unpaired) electrons. The Labute approximate surface area is 122 Å². The minimum absolute atomic E-state index is 0.115. The van der Waals surface area contributed by atoms with E-state index in [9.17, 15) is 15.0 Å². The van der Waals surface area contributed by atoms with Gasteiger partial charge in [-0.05, 0) is 0 Å². The number of nitrogen functional groups attached to an aromatic ring is 1. The summed E-state index contributed by atoms with van der Waals surface area (Å²) in [7, 11) is 0. The van der Waals surface area contributed by atoms with Crippen molar-refractivity contribution in [1.29, 1.82) is 0 Å². The van der Waals surface area contributed by atoms with Crippen LogP contribution in [0.15, 0.2) is 17.1 Å². The molecule has 0 amide bonds. The van der Waals surface area contributed by atoms with Crippen molar-refractivity contribution in [2.75, 3.05) is 12.3 Å². The number of rotatable bonds is 5. The average Bonchev–Trinajstić information content (AvgIpc) is 2.73. The number of hydrogen-bond donors (Lipinski definition) is 3. The van der Waals surface area contributed by atoms with Gasteiger partial charge in [0.05, 0.1) is 0 Å². The van der Waals surface area contributed by atoms with Gasteiger partial charge in [0, 0.05) is 0 Å². The van der Waals surface area contributed by atoms with E-state index in [1.165, 1.54) is 16.8 Å². The quantitative estimate of drug-likeness (QED) is 0.613. The van der Waals surface area contributed by atoms with Crippen molar-refractivity contribution in [2.45, 2.75) is 41.9 Å². The molecule has 7 nitrogen and oxygen atoms in total. The van der Waals surface area contributed by atoms with Crippen molar-refractivity contribution >= 4 is 20.8 Å². The van der Waals surface area contributed by atoms with Crippen LogP contribution in [0.1, 0.15) is 19.6 Å². The normalized spacial score (nSPS) is 29.8. The van der Waals surface area contributed by atoms with E-state index in [0.717, 1.165) is 11.7 Å². The van der Waals surface area contributed by atoms with Crippen LogP contribution in [0.2, 0.25) is 10.1 Å². The van der Waals surface area contributed by atoms with E-state index in [0.29, 0.717) is 0 Å². The number of aliphatic hydroxyl groups excluding tert-OH is 2. The minimum atomic E-state index is -0.763. The van der Waals surface area contributed by atoms with Crippen LogP contribution in [0, 0.1) is 0 Å². The van der Waals surface area contributed by atoms with E-state index < -0.39 is 24.1 Å². The molecule has 0 aliphatic carbocycles. The van der Waals surface area contributed by atoms with Gasteiger partial charge in [-0.2, -0.15) is 0 Å². The third-order valence-electron chi connectivity index (χ3n) is 3.13. The number of anilines is 1. The molecule has 20 heavy (non-hydrogen) atoms. The fourth-order valence-electron chi connectivity index (χ4n) is 2.15. The molecule has 8 heteroatoms. The number of nitrogens with two attached hydrogens (primary N) is 1. The van der Waals surface area contributed by atoms with Gasteiger partial charge >= 0.3 is 122 Å². The maximum absolute atomic E-state index is 11.9. The fraction of sp³-hybridized carbons (Fsp3) is 0.667. The van der Waals surface area contributed by atoms with Crippen molar-refractivity contribution in [1.82, 2.24) is 9.55 Å². The van der Waals surface area contributed by atoms with Crippen molar-refractivity contribution in [3.63, 3.8) is 0 Å². The first-order valence-corrected chi connectivity index (χ1v) is 8.69. The summed E-state index contributed by atoms with van der Waals surface area (Å²) in [5.74, 6) is 0.152. The number of hydrogen-bond acceptors (Lipinski definition) is 6. The molecule has 0 bridgehead atoms. The predicted molar refractivity (Wildman–Crippen MR) is 74.5 cm³/mol. The number of aromatic nitrogens is 2. The number of nitrogens with zero attached hydrogens (tertiary/aromatic N) is 2. The molecule has 1 saturated heterocycles. The fourth-order valence-corrected chi connectivity index (χ4v) is 4.75. The molecule has 0 spiro atoms. The number of aliphatic hydroxyl groups is 2. The summed E-state index contributed by atoms with van der Waals surface area (Å²) in [6.07, 6.45) is 0.523. The Kier molecular flexibility index (Phi) is 5.17. The Bertz CT molecular complexity index is 510. The van der Waals surface area contributed by atoms with Crippen LogP contribution in [0.25, 0.3) is 0 Å². The Balaban J connectivity index is 2.29. The van der Waals surface area contributed by atoms with Gasteiger partial charge in [0.15, 0.2) is 0 Å². The Hall–Kier alpha value is -0.921. The van der Waals surface area contributed by atoms with Crippen molar-refractivity contribution in [3.05, 3.63) is 22.7 Å². The first-order valence-electron chi connectivity index (χ1n) is 6.49. The molecule has 1 aliphatic heterocycles. The molecule has 2 rings (SSSR count). The molecule has 2 unspecified atom stereocenters. The summed E-state index contributed by atoms with van der Waals surface area (Å²) in [6, 6.07) is 1.52. The molecule has 1 aromatic rings. The Morgan fingerprint density at radius 2 is 2.35 bits per heavy atom. The van der Waals surface area contributed by atoms with Gasteiger partial charge < -0.3 is 0 Å². The summed E-state index contributed by atoms with van der Waals surface area (Å²) in [5, 5.41) is 20.5. The molecule has 2 heterocycles. The topological polar surface area (TPSA) is 111 Å². The van der Waals surface area contributed by atoms with E-state index >= 15 is 0 Å². The summed E-state index contributed by atoms with van der Waals surface area (Å²) >= 11 is 0.115. The molecule has 1 aliphatic rings. The van der Waals surface area contributed by atoms with Gasteiger partial charge in [0.25, 0.3) is 0 Å². The molecular weight excluding hydrogens is 329 g/mol. The van der Waals surface area contributed by atoms with Crippen molar-refractivity contribution in [3.8, 4) is 0 Å². The molecule has 1 fully saturated rings. The second-order valence-electron chi connectivity index (χ2n) is 4.62. The molecular formula is C12H19N3O4Se. The maximum atomic E-state index is 11.9. The van der Waals surface area contributed by atoms with Crippen LogP contribution < -0.4 is 11.4 Å². The molecule has 0 saturated carbocycles. The van der Waals surface area contributed by atoms with E-state index in [4.69, 9.17) is 10.5 Å². The first-order chi connectivity index (χ1) is 9.58. The summed E-state index contributed by atoms with van der Waals surface area (Å²) in [5.41, 5.74) is 4.97. The molecule has 4 atom stereocenters.